The third kappa shape index (κ3) is 13.5. The van der Waals surface area contributed by atoms with Crippen molar-refractivity contribution in [1.82, 2.24) is 0 Å². The fraction of sp³-hybridized carbons (Fsp3) is 0. The molecule has 0 aliphatic heterocycles. The first kappa shape index (κ1) is 60.4. The Morgan fingerprint density at radius 1 is 0.144 bits per heavy atom. The highest BCUT2D eigenvalue weighted by Crippen LogP contribution is 2.53. The van der Waals surface area contributed by atoms with Crippen LogP contribution in [-0.2, 0) is 0 Å². The summed E-state index contributed by atoms with van der Waals surface area (Å²) >= 11 is 0. The molecule has 0 aromatic heterocycles. The average Bonchev–Trinajstić information content (AvgIpc) is 0.721. The third-order valence-electron chi connectivity index (χ3n) is 17.8. The van der Waals surface area contributed by atoms with E-state index in [0.717, 1.165) is 129 Å². The van der Waals surface area contributed by atoms with Crippen LogP contribution < -0.4 is 14.7 Å². The van der Waals surface area contributed by atoms with Crippen molar-refractivity contribution < 1.29 is 0 Å². The van der Waals surface area contributed by atoms with Gasteiger partial charge in [-0.25, -0.2) is 0 Å². The SMILES string of the molecule is C(=C\c1ccc(N(c2ccccc2)c2ccc(-c3c(-c4ccccc4)c(-c4ccccc4)c(-c4ccc(N(c5ccccc5)c5ccc(/C=C/c6ccccc6)cc5)cc4)c4cc(N(c5ccccc5)c5ccc(/C=C/c6ccccc6)cc5)ccc34)cc2)cc1)/c1ccccc1. The first-order valence-electron chi connectivity index (χ1n) is 33.1. The van der Waals surface area contributed by atoms with Gasteiger partial charge in [0, 0.05) is 51.2 Å². The molecule has 0 radical (unpaired) electrons. The quantitative estimate of drug-likeness (QED) is 0.0747. The first-order valence-corrected chi connectivity index (χ1v) is 33.1. The van der Waals surface area contributed by atoms with Crippen molar-refractivity contribution in [2.75, 3.05) is 14.7 Å². The van der Waals surface area contributed by atoms with Crippen LogP contribution >= 0.6 is 0 Å². The number of benzene rings is 15. The lowest BCUT2D eigenvalue weighted by molar-refractivity contribution is 1.28. The first-order chi connectivity index (χ1) is 48.1. The van der Waals surface area contributed by atoms with E-state index in [9.17, 15) is 0 Å². The summed E-state index contributed by atoms with van der Waals surface area (Å²) in [5.74, 6) is 0. The summed E-state index contributed by atoms with van der Waals surface area (Å²) in [6.07, 6.45) is 13.1. The van der Waals surface area contributed by atoms with E-state index in [0.29, 0.717) is 0 Å². The van der Waals surface area contributed by atoms with Gasteiger partial charge in [-0.2, -0.15) is 0 Å². The number of hydrogen-bond donors (Lipinski definition) is 0. The van der Waals surface area contributed by atoms with Crippen LogP contribution in [0.25, 0.3) is 91.7 Å². The molecule has 0 unspecified atom stereocenters. The molecule has 0 N–H and O–H groups in total. The molecule has 3 nitrogen and oxygen atoms in total. The number of hydrogen-bond acceptors (Lipinski definition) is 3. The van der Waals surface area contributed by atoms with Crippen LogP contribution in [-0.4, -0.2) is 0 Å². The summed E-state index contributed by atoms with van der Waals surface area (Å²) in [5, 5.41) is 2.26. The lowest BCUT2D eigenvalue weighted by Crippen LogP contribution is -2.10. The Kier molecular flexibility index (Phi) is 17.8. The molecule has 15 aromatic rings. The van der Waals surface area contributed by atoms with E-state index in [1.165, 1.54) is 11.1 Å². The smallest absolute Gasteiger partial charge is 0.0468 e. The van der Waals surface area contributed by atoms with Gasteiger partial charge in [0.25, 0.3) is 0 Å². The van der Waals surface area contributed by atoms with E-state index in [4.69, 9.17) is 0 Å². The monoisotopic (exact) mass is 1240 g/mol. The Hall–Kier alpha value is -12.8. The molecule has 460 valence electrons. The second-order valence-corrected chi connectivity index (χ2v) is 24.1. The van der Waals surface area contributed by atoms with Crippen LogP contribution in [0.15, 0.2) is 382 Å². The Bertz CT molecular complexity index is 5160. The van der Waals surface area contributed by atoms with Crippen molar-refractivity contribution in [2.24, 2.45) is 0 Å². The molecule has 0 spiro atoms. The third-order valence-corrected chi connectivity index (χ3v) is 17.8. The van der Waals surface area contributed by atoms with Gasteiger partial charge in [0.1, 0.15) is 0 Å². The Morgan fingerprint density at radius 3 is 0.649 bits per heavy atom. The number of rotatable bonds is 19. The largest absolute Gasteiger partial charge is 0.311 e. The molecule has 0 saturated carbocycles. The lowest BCUT2D eigenvalue weighted by Gasteiger charge is -2.29. The van der Waals surface area contributed by atoms with Crippen LogP contribution in [0.5, 0.6) is 0 Å². The predicted molar refractivity (Wildman–Crippen MR) is 416 cm³/mol. The maximum atomic E-state index is 2.44. The van der Waals surface area contributed by atoms with Crippen molar-refractivity contribution in [3.8, 4) is 44.5 Å². The molecule has 97 heavy (non-hydrogen) atoms. The molecule has 0 atom stereocenters. The number of para-hydroxylation sites is 3. The van der Waals surface area contributed by atoms with Crippen molar-refractivity contribution in [2.45, 2.75) is 0 Å². The molecule has 0 saturated heterocycles. The standard InChI is InChI=1S/C94H69N3/c1-9-25-70(26-10-1)41-44-73-47-57-83(58-48-73)95(80-35-19-6-20-36-80)86-63-53-78(54-64-86)91-89-68-67-88(97(82-39-23-8-24-40-82)85-61-51-75(52-62-85)46-43-72-29-13-3-14-30-72)69-90(89)92(94(77-33-17-5-18-34-77)93(91)76-31-15-4-16-32-76)79-55-65-87(66-56-79)96(81-37-21-7-22-38-81)84-59-49-74(50-60-84)45-42-71-27-11-2-12-28-71/h1-69H/b44-41+,45-42+,46-43+. The van der Waals surface area contributed by atoms with Gasteiger partial charge in [-0.1, -0.05) is 309 Å². The van der Waals surface area contributed by atoms with E-state index in [-0.39, 0.29) is 0 Å². The second-order valence-electron chi connectivity index (χ2n) is 24.1. The molecule has 3 heteroatoms. The highest BCUT2D eigenvalue weighted by molar-refractivity contribution is 6.19. The molecule has 0 bridgehead atoms. The minimum absolute atomic E-state index is 1.04. The summed E-state index contributed by atoms with van der Waals surface area (Å²) in [6, 6.07) is 138. The highest BCUT2D eigenvalue weighted by atomic mass is 15.2. The van der Waals surface area contributed by atoms with Gasteiger partial charge in [-0.3, -0.25) is 0 Å². The normalized spacial score (nSPS) is 11.4. The molecule has 15 aromatic carbocycles. The van der Waals surface area contributed by atoms with Crippen LogP contribution in [0, 0.1) is 0 Å². The number of anilines is 9. The number of fused-ring (bicyclic) bond motifs is 1. The minimum atomic E-state index is 1.04. The maximum Gasteiger partial charge on any atom is 0.0468 e. The van der Waals surface area contributed by atoms with Crippen LogP contribution in [0.2, 0.25) is 0 Å². The van der Waals surface area contributed by atoms with E-state index < -0.39 is 0 Å². The fourth-order valence-electron chi connectivity index (χ4n) is 13.1. The van der Waals surface area contributed by atoms with Crippen molar-refractivity contribution in [3.05, 3.63) is 416 Å². The van der Waals surface area contributed by atoms with E-state index >= 15 is 0 Å². The van der Waals surface area contributed by atoms with Crippen molar-refractivity contribution >= 4 is 98.4 Å². The molecule has 0 amide bonds. The van der Waals surface area contributed by atoms with Gasteiger partial charge in [-0.05, 0) is 198 Å². The summed E-state index contributed by atoms with van der Waals surface area (Å²) < 4.78 is 0. The Balaban J connectivity index is 0.925. The molecular weight excluding hydrogens is 1170 g/mol. The predicted octanol–water partition coefficient (Wildman–Crippen LogP) is 26.4. The summed E-state index contributed by atoms with van der Waals surface area (Å²) in [7, 11) is 0. The average molecular weight is 1240 g/mol. The van der Waals surface area contributed by atoms with E-state index in [2.05, 4.69) is 433 Å². The van der Waals surface area contributed by atoms with E-state index in [1.807, 2.05) is 0 Å². The summed E-state index contributed by atoms with van der Waals surface area (Å²) in [6.45, 7) is 0. The van der Waals surface area contributed by atoms with Gasteiger partial charge in [-0.15, -0.1) is 0 Å². The van der Waals surface area contributed by atoms with Crippen LogP contribution in [0.3, 0.4) is 0 Å². The zero-order valence-corrected chi connectivity index (χ0v) is 53.7. The van der Waals surface area contributed by atoms with Gasteiger partial charge >= 0.3 is 0 Å². The van der Waals surface area contributed by atoms with Gasteiger partial charge in [0.15, 0.2) is 0 Å². The fourth-order valence-corrected chi connectivity index (χ4v) is 13.1. The topological polar surface area (TPSA) is 9.72 Å². The van der Waals surface area contributed by atoms with Crippen molar-refractivity contribution in [1.29, 1.82) is 0 Å². The molecule has 15 rings (SSSR count). The second kappa shape index (κ2) is 28.6. The molecule has 0 heterocycles. The zero-order chi connectivity index (χ0) is 65.0. The summed E-state index contributed by atoms with van der Waals surface area (Å²) in [4.78, 5) is 7.09. The summed E-state index contributed by atoms with van der Waals surface area (Å²) in [5.41, 5.74) is 25.5. The van der Waals surface area contributed by atoms with Crippen LogP contribution in [0.1, 0.15) is 33.4 Å². The van der Waals surface area contributed by atoms with Gasteiger partial charge < -0.3 is 14.7 Å². The Morgan fingerprint density at radius 2 is 0.351 bits per heavy atom. The van der Waals surface area contributed by atoms with E-state index in [1.54, 1.807) is 0 Å². The molecule has 0 fully saturated rings. The molecular formula is C94H69N3. The lowest BCUT2D eigenvalue weighted by atomic mass is 9.78. The Labute approximate surface area is 569 Å². The zero-order valence-electron chi connectivity index (χ0n) is 53.7. The van der Waals surface area contributed by atoms with Gasteiger partial charge in [0.05, 0.1) is 0 Å². The molecule has 0 aliphatic carbocycles. The molecule has 0 aliphatic rings. The van der Waals surface area contributed by atoms with Crippen molar-refractivity contribution in [3.63, 3.8) is 0 Å². The van der Waals surface area contributed by atoms with Crippen LogP contribution in [0.4, 0.5) is 51.2 Å². The minimum Gasteiger partial charge on any atom is -0.311 e. The van der Waals surface area contributed by atoms with Gasteiger partial charge in [0.2, 0.25) is 0 Å². The maximum absolute atomic E-state index is 2.44. The number of nitrogens with zero attached hydrogens (tertiary/aromatic N) is 3. The highest BCUT2D eigenvalue weighted by Gasteiger charge is 2.27.